The van der Waals surface area contributed by atoms with Gasteiger partial charge in [-0.25, -0.2) is 0 Å². The Balaban J connectivity index is 2.26. The summed E-state index contributed by atoms with van der Waals surface area (Å²) in [6.07, 6.45) is 0. The normalized spacial score (nSPS) is 19.6. The van der Waals surface area contributed by atoms with Gasteiger partial charge in [0.05, 0.1) is 25.0 Å². The van der Waals surface area contributed by atoms with Gasteiger partial charge in [0, 0.05) is 12.6 Å². The number of carboxylic acid groups (broad SMARTS) is 1. The van der Waals surface area contributed by atoms with E-state index in [4.69, 9.17) is 9.84 Å². The second-order valence-electron chi connectivity index (χ2n) is 5.05. The number of anilines is 1. The third kappa shape index (κ3) is 3.24. The summed E-state index contributed by atoms with van der Waals surface area (Å²) in [7, 11) is 0. The van der Waals surface area contributed by atoms with Crippen LogP contribution in [0, 0.1) is 0 Å². The van der Waals surface area contributed by atoms with Crippen LogP contribution >= 0.6 is 11.8 Å². The highest BCUT2D eigenvalue weighted by atomic mass is 32.2. The van der Waals surface area contributed by atoms with Crippen LogP contribution in [0.1, 0.15) is 26.8 Å². The molecule has 0 spiro atoms. The molecule has 1 aromatic rings. The lowest BCUT2D eigenvalue weighted by Crippen LogP contribution is -2.45. The monoisotopic (exact) mass is 300 g/mol. The average Bonchev–Trinajstić information content (AvgIpc) is 2.80. The van der Waals surface area contributed by atoms with Crippen LogP contribution in [-0.2, 0) is 9.53 Å². The van der Waals surface area contributed by atoms with E-state index in [1.165, 1.54) is 11.8 Å². The fourth-order valence-corrected chi connectivity index (χ4v) is 2.95. The van der Waals surface area contributed by atoms with Crippen LogP contribution in [0.4, 0.5) is 5.95 Å². The minimum Gasteiger partial charge on any atom is -0.481 e. The van der Waals surface area contributed by atoms with Gasteiger partial charge >= 0.3 is 5.97 Å². The number of rotatable bonds is 5. The summed E-state index contributed by atoms with van der Waals surface area (Å²) in [4.78, 5) is 12.9. The number of ether oxygens (including phenoxy) is 1. The SMILES string of the molecule is CC1COCCN1c1nnc(SCC(=O)O)n1C(C)C. The number of hydrogen-bond donors (Lipinski definition) is 1. The molecule has 0 saturated carbocycles. The molecule has 20 heavy (non-hydrogen) atoms. The standard InChI is InChI=1S/C12H20N4O3S/c1-8(2)16-11(15-4-5-19-6-9(15)3)13-14-12(16)20-7-10(17)18/h8-9H,4-7H2,1-3H3,(H,17,18). The summed E-state index contributed by atoms with van der Waals surface area (Å²) in [6.45, 7) is 8.29. The van der Waals surface area contributed by atoms with Crippen LogP contribution < -0.4 is 4.90 Å². The van der Waals surface area contributed by atoms with Crippen molar-refractivity contribution in [3.63, 3.8) is 0 Å². The average molecular weight is 300 g/mol. The first-order valence-corrected chi connectivity index (χ1v) is 7.63. The van der Waals surface area contributed by atoms with E-state index in [-0.39, 0.29) is 17.8 Å². The summed E-state index contributed by atoms with van der Waals surface area (Å²) < 4.78 is 7.43. The van der Waals surface area contributed by atoms with Gasteiger partial charge < -0.3 is 14.7 Å². The molecule has 1 fully saturated rings. The summed E-state index contributed by atoms with van der Waals surface area (Å²) in [5.41, 5.74) is 0. The molecule has 1 unspecified atom stereocenters. The Morgan fingerprint density at radius 3 is 2.90 bits per heavy atom. The van der Waals surface area contributed by atoms with Gasteiger partial charge in [0.1, 0.15) is 0 Å². The van der Waals surface area contributed by atoms with E-state index >= 15 is 0 Å². The van der Waals surface area contributed by atoms with Crippen molar-refractivity contribution in [1.29, 1.82) is 0 Å². The zero-order chi connectivity index (χ0) is 14.7. The Kier molecular flexibility index (Phi) is 4.87. The third-order valence-corrected chi connectivity index (χ3v) is 4.04. The minimum absolute atomic E-state index is 0.0104. The number of nitrogens with zero attached hydrogens (tertiary/aromatic N) is 4. The van der Waals surface area contributed by atoms with Gasteiger partial charge in [-0.2, -0.15) is 0 Å². The molecule has 0 bridgehead atoms. The van der Waals surface area contributed by atoms with E-state index in [1.54, 1.807) is 0 Å². The van der Waals surface area contributed by atoms with Crippen molar-refractivity contribution in [3.8, 4) is 0 Å². The Bertz CT molecular complexity index is 477. The molecular weight excluding hydrogens is 280 g/mol. The highest BCUT2D eigenvalue weighted by Gasteiger charge is 2.26. The lowest BCUT2D eigenvalue weighted by Gasteiger charge is -2.34. The van der Waals surface area contributed by atoms with Gasteiger partial charge in [0.25, 0.3) is 0 Å². The molecule has 1 N–H and O–H groups in total. The zero-order valence-corrected chi connectivity index (χ0v) is 12.8. The lowest BCUT2D eigenvalue weighted by atomic mass is 10.3. The van der Waals surface area contributed by atoms with Crippen molar-refractivity contribution in [1.82, 2.24) is 14.8 Å². The van der Waals surface area contributed by atoms with Gasteiger partial charge in [-0.05, 0) is 20.8 Å². The number of morpholine rings is 1. The van der Waals surface area contributed by atoms with Gasteiger partial charge in [-0.3, -0.25) is 9.36 Å². The topological polar surface area (TPSA) is 80.5 Å². The van der Waals surface area contributed by atoms with Gasteiger partial charge in [0.2, 0.25) is 5.95 Å². The molecule has 2 heterocycles. The number of carboxylic acids is 1. The summed E-state index contributed by atoms with van der Waals surface area (Å²) >= 11 is 1.20. The molecule has 1 aromatic heterocycles. The molecule has 1 aliphatic heterocycles. The molecule has 2 rings (SSSR count). The maximum Gasteiger partial charge on any atom is 0.313 e. The fraction of sp³-hybridized carbons (Fsp3) is 0.750. The number of hydrogen-bond acceptors (Lipinski definition) is 6. The molecular formula is C12H20N4O3S. The maximum absolute atomic E-state index is 10.7. The van der Waals surface area contributed by atoms with Crippen molar-refractivity contribution >= 4 is 23.7 Å². The predicted octanol–water partition coefficient (Wildman–Crippen LogP) is 1.26. The number of aliphatic carboxylic acids is 1. The lowest BCUT2D eigenvalue weighted by molar-refractivity contribution is -0.133. The second-order valence-corrected chi connectivity index (χ2v) is 5.99. The van der Waals surface area contributed by atoms with E-state index in [1.807, 2.05) is 18.4 Å². The molecule has 0 aliphatic carbocycles. The fourth-order valence-electron chi connectivity index (χ4n) is 2.17. The molecule has 1 atom stereocenters. The molecule has 0 amide bonds. The Labute approximate surface area is 122 Å². The molecule has 8 heteroatoms. The first-order valence-electron chi connectivity index (χ1n) is 6.64. The van der Waals surface area contributed by atoms with Crippen molar-refractivity contribution in [2.75, 3.05) is 30.4 Å². The Hall–Kier alpha value is -1.28. The number of thioether (sulfide) groups is 1. The highest BCUT2D eigenvalue weighted by Crippen LogP contribution is 2.27. The van der Waals surface area contributed by atoms with E-state index in [2.05, 4.69) is 22.0 Å². The van der Waals surface area contributed by atoms with E-state index in [0.717, 1.165) is 12.5 Å². The first kappa shape index (κ1) is 15.1. The molecule has 112 valence electrons. The van der Waals surface area contributed by atoms with Crippen molar-refractivity contribution in [2.24, 2.45) is 0 Å². The summed E-state index contributed by atoms with van der Waals surface area (Å²) in [5, 5.41) is 17.9. The van der Waals surface area contributed by atoms with Crippen molar-refractivity contribution in [2.45, 2.75) is 38.0 Å². The molecule has 1 saturated heterocycles. The van der Waals surface area contributed by atoms with Crippen molar-refractivity contribution in [3.05, 3.63) is 0 Å². The molecule has 7 nitrogen and oxygen atoms in total. The molecule has 1 aliphatic rings. The minimum atomic E-state index is -0.852. The van der Waals surface area contributed by atoms with Gasteiger partial charge in [-0.1, -0.05) is 11.8 Å². The summed E-state index contributed by atoms with van der Waals surface area (Å²) in [5.74, 6) is -0.0675. The smallest absolute Gasteiger partial charge is 0.313 e. The van der Waals surface area contributed by atoms with E-state index in [9.17, 15) is 4.79 Å². The Morgan fingerprint density at radius 2 is 2.30 bits per heavy atom. The van der Waals surface area contributed by atoms with Crippen LogP contribution in [0.15, 0.2) is 5.16 Å². The highest BCUT2D eigenvalue weighted by molar-refractivity contribution is 7.99. The quantitative estimate of drug-likeness (QED) is 0.820. The number of carbonyl (C=O) groups is 1. The van der Waals surface area contributed by atoms with E-state index < -0.39 is 5.97 Å². The van der Waals surface area contributed by atoms with Crippen LogP contribution in [0.5, 0.6) is 0 Å². The van der Waals surface area contributed by atoms with Gasteiger partial charge in [0.15, 0.2) is 5.16 Å². The van der Waals surface area contributed by atoms with Crippen LogP contribution in [0.2, 0.25) is 0 Å². The molecule has 0 aromatic carbocycles. The first-order chi connectivity index (χ1) is 9.50. The predicted molar refractivity (Wildman–Crippen MR) is 76.4 cm³/mol. The molecule has 0 radical (unpaired) electrons. The Morgan fingerprint density at radius 1 is 1.55 bits per heavy atom. The second kappa shape index (κ2) is 6.45. The van der Waals surface area contributed by atoms with Crippen molar-refractivity contribution < 1.29 is 14.6 Å². The maximum atomic E-state index is 10.7. The third-order valence-electron chi connectivity index (χ3n) is 3.11. The van der Waals surface area contributed by atoms with Crippen LogP contribution in [0.25, 0.3) is 0 Å². The van der Waals surface area contributed by atoms with Gasteiger partial charge in [-0.15, -0.1) is 10.2 Å². The van der Waals surface area contributed by atoms with Crippen LogP contribution in [-0.4, -0.2) is 57.4 Å². The summed E-state index contributed by atoms with van der Waals surface area (Å²) in [6, 6.07) is 0.411. The van der Waals surface area contributed by atoms with Crippen LogP contribution in [0.3, 0.4) is 0 Å². The van der Waals surface area contributed by atoms with E-state index in [0.29, 0.717) is 18.4 Å². The number of aromatic nitrogens is 3. The largest absolute Gasteiger partial charge is 0.481 e. The zero-order valence-electron chi connectivity index (χ0n) is 11.9.